The standard InChI is InChI=1S/C19H29N3O3/c1-4-16-18(13(2)25-20-16)19(24)21-11-8-15(9-12-21)17-7-5-6-10-22(17)14(3)23/h15,17H,4-12H2,1-3H3/t17-/m0/s1. The van der Waals surface area contributed by atoms with Crippen molar-refractivity contribution in [1.82, 2.24) is 15.0 Å². The first-order valence-electron chi connectivity index (χ1n) is 9.54. The number of aromatic nitrogens is 1. The molecule has 3 rings (SSSR count). The van der Waals surface area contributed by atoms with Crippen molar-refractivity contribution >= 4 is 11.8 Å². The second-order valence-electron chi connectivity index (χ2n) is 7.32. The van der Waals surface area contributed by atoms with Crippen LogP contribution in [0.2, 0.25) is 0 Å². The van der Waals surface area contributed by atoms with Crippen molar-refractivity contribution in [3.63, 3.8) is 0 Å². The van der Waals surface area contributed by atoms with Gasteiger partial charge in [0.1, 0.15) is 11.3 Å². The van der Waals surface area contributed by atoms with E-state index in [9.17, 15) is 9.59 Å². The Morgan fingerprint density at radius 1 is 1.16 bits per heavy atom. The average Bonchev–Trinajstić information content (AvgIpc) is 3.02. The van der Waals surface area contributed by atoms with Crippen molar-refractivity contribution in [1.29, 1.82) is 0 Å². The van der Waals surface area contributed by atoms with Gasteiger partial charge in [-0.1, -0.05) is 12.1 Å². The normalized spacial score (nSPS) is 22.3. The molecular weight excluding hydrogens is 318 g/mol. The Morgan fingerprint density at radius 2 is 1.88 bits per heavy atom. The molecule has 2 aliphatic heterocycles. The number of piperidine rings is 2. The van der Waals surface area contributed by atoms with Crippen LogP contribution in [0.4, 0.5) is 0 Å². The Balaban J connectivity index is 1.64. The largest absolute Gasteiger partial charge is 0.361 e. The molecule has 0 saturated carbocycles. The number of rotatable bonds is 3. The average molecular weight is 347 g/mol. The number of hydrogen-bond acceptors (Lipinski definition) is 4. The van der Waals surface area contributed by atoms with Crippen molar-refractivity contribution in [3.05, 3.63) is 17.0 Å². The summed E-state index contributed by atoms with van der Waals surface area (Å²) in [6.07, 6.45) is 6.04. The molecule has 2 fully saturated rings. The van der Waals surface area contributed by atoms with Crippen LogP contribution in [0.1, 0.15) is 67.8 Å². The molecule has 0 bridgehead atoms. The lowest BCUT2D eigenvalue weighted by atomic mass is 9.83. The zero-order valence-electron chi connectivity index (χ0n) is 15.6. The monoisotopic (exact) mass is 347 g/mol. The summed E-state index contributed by atoms with van der Waals surface area (Å²) in [6, 6.07) is 0.354. The summed E-state index contributed by atoms with van der Waals surface area (Å²) in [5.41, 5.74) is 1.39. The topological polar surface area (TPSA) is 66.7 Å². The van der Waals surface area contributed by atoms with E-state index in [4.69, 9.17) is 4.52 Å². The van der Waals surface area contributed by atoms with Crippen molar-refractivity contribution in [3.8, 4) is 0 Å². The Morgan fingerprint density at radius 3 is 2.52 bits per heavy atom. The fourth-order valence-electron chi connectivity index (χ4n) is 4.42. The van der Waals surface area contributed by atoms with Gasteiger partial charge in [-0.2, -0.15) is 0 Å². The third-order valence-corrected chi connectivity index (χ3v) is 5.81. The quantitative estimate of drug-likeness (QED) is 0.843. The summed E-state index contributed by atoms with van der Waals surface area (Å²) in [7, 11) is 0. The van der Waals surface area contributed by atoms with Crippen LogP contribution >= 0.6 is 0 Å². The van der Waals surface area contributed by atoms with Gasteiger partial charge in [0.2, 0.25) is 5.91 Å². The molecular formula is C19H29N3O3. The van der Waals surface area contributed by atoms with E-state index in [2.05, 4.69) is 10.1 Å². The predicted octanol–water partition coefficient (Wildman–Crippen LogP) is 2.80. The smallest absolute Gasteiger partial charge is 0.259 e. The van der Waals surface area contributed by atoms with E-state index in [1.54, 1.807) is 13.8 Å². The first kappa shape index (κ1) is 18.0. The van der Waals surface area contributed by atoms with Gasteiger partial charge in [-0.25, -0.2) is 0 Å². The minimum absolute atomic E-state index is 0.0427. The Labute approximate surface area is 149 Å². The van der Waals surface area contributed by atoms with Crippen LogP contribution in [0.3, 0.4) is 0 Å². The Bertz CT molecular complexity index is 632. The van der Waals surface area contributed by atoms with E-state index in [1.807, 2.05) is 11.8 Å². The van der Waals surface area contributed by atoms with Gasteiger partial charge in [0, 0.05) is 32.6 Å². The summed E-state index contributed by atoms with van der Waals surface area (Å²) in [4.78, 5) is 28.8. The third-order valence-electron chi connectivity index (χ3n) is 5.81. The van der Waals surface area contributed by atoms with Crippen molar-refractivity contribution < 1.29 is 14.1 Å². The van der Waals surface area contributed by atoms with E-state index in [0.717, 1.165) is 51.0 Å². The summed E-state index contributed by atoms with van der Waals surface area (Å²) in [6.45, 7) is 7.86. The molecule has 0 spiro atoms. The molecule has 3 heterocycles. The number of nitrogens with zero attached hydrogens (tertiary/aromatic N) is 3. The lowest BCUT2D eigenvalue weighted by molar-refractivity contribution is -0.134. The molecule has 0 aliphatic carbocycles. The first-order chi connectivity index (χ1) is 12.0. The maximum Gasteiger partial charge on any atom is 0.259 e. The van der Waals surface area contributed by atoms with Crippen LogP contribution in [0.5, 0.6) is 0 Å². The van der Waals surface area contributed by atoms with Gasteiger partial charge in [-0.05, 0) is 51.4 Å². The van der Waals surface area contributed by atoms with Crippen LogP contribution in [0.15, 0.2) is 4.52 Å². The van der Waals surface area contributed by atoms with Gasteiger partial charge in [0.05, 0.1) is 5.69 Å². The second kappa shape index (κ2) is 7.58. The van der Waals surface area contributed by atoms with E-state index in [-0.39, 0.29) is 11.8 Å². The highest BCUT2D eigenvalue weighted by Gasteiger charge is 2.35. The molecule has 1 aromatic rings. The second-order valence-corrected chi connectivity index (χ2v) is 7.32. The maximum atomic E-state index is 12.9. The van der Waals surface area contributed by atoms with Gasteiger partial charge in [-0.3, -0.25) is 9.59 Å². The number of carbonyl (C=O) groups is 2. The first-order valence-corrected chi connectivity index (χ1v) is 9.54. The minimum atomic E-state index is 0.0427. The zero-order valence-corrected chi connectivity index (χ0v) is 15.6. The lowest BCUT2D eigenvalue weighted by Crippen LogP contribution is -2.50. The number of carbonyl (C=O) groups excluding carboxylic acids is 2. The molecule has 1 atom stereocenters. The van der Waals surface area contributed by atoms with Crippen LogP contribution < -0.4 is 0 Å². The van der Waals surface area contributed by atoms with Gasteiger partial charge in [0.25, 0.3) is 5.91 Å². The molecule has 6 heteroatoms. The Hall–Kier alpha value is -1.85. The Kier molecular flexibility index (Phi) is 5.45. The number of likely N-dealkylation sites (tertiary alicyclic amines) is 2. The molecule has 0 N–H and O–H groups in total. The number of hydrogen-bond donors (Lipinski definition) is 0. The summed E-state index contributed by atoms with van der Waals surface area (Å²) in [5, 5.41) is 4.00. The highest BCUT2D eigenvalue weighted by Crippen LogP contribution is 2.31. The van der Waals surface area contributed by atoms with Gasteiger partial charge < -0.3 is 14.3 Å². The molecule has 2 saturated heterocycles. The van der Waals surface area contributed by atoms with Crippen molar-refractivity contribution in [2.24, 2.45) is 5.92 Å². The molecule has 138 valence electrons. The van der Waals surface area contributed by atoms with E-state index < -0.39 is 0 Å². The van der Waals surface area contributed by atoms with Crippen LogP contribution in [0, 0.1) is 12.8 Å². The highest BCUT2D eigenvalue weighted by atomic mass is 16.5. The minimum Gasteiger partial charge on any atom is -0.361 e. The number of amides is 2. The van der Waals surface area contributed by atoms with Crippen LogP contribution in [-0.4, -0.2) is 52.4 Å². The highest BCUT2D eigenvalue weighted by molar-refractivity contribution is 5.96. The summed E-state index contributed by atoms with van der Waals surface area (Å²) >= 11 is 0. The van der Waals surface area contributed by atoms with Crippen LogP contribution in [-0.2, 0) is 11.2 Å². The maximum absolute atomic E-state index is 12.9. The molecule has 2 amide bonds. The van der Waals surface area contributed by atoms with Crippen molar-refractivity contribution in [2.75, 3.05) is 19.6 Å². The fourth-order valence-corrected chi connectivity index (χ4v) is 4.42. The van der Waals surface area contributed by atoms with Gasteiger partial charge in [0.15, 0.2) is 0 Å². The van der Waals surface area contributed by atoms with Crippen LogP contribution in [0.25, 0.3) is 0 Å². The molecule has 2 aliphatic rings. The number of aryl methyl sites for hydroxylation is 2. The van der Waals surface area contributed by atoms with Crippen molar-refractivity contribution in [2.45, 2.75) is 65.3 Å². The lowest BCUT2D eigenvalue weighted by Gasteiger charge is -2.43. The zero-order chi connectivity index (χ0) is 18.0. The molecule has 6 nitrogen and oxygen atoms in total. The SMILES string of the molecule is CCc1noc(C)c1C(=O)N1CCC([C@@H]2CCCCN2C(C)=O)CC1. The fraction of sp³-hybridized carbons (Fsp3) is 0.737. The summed E-state index contributed by atoms with van der Waals surface area (Å²) < 4.78 is 5.21. The van der Waals surface area contributed by atoms with E-state index in [0.29, 0.717) is 29.7 Å². The molecule has 0 aromatic carbocycles. The molecule has 0 radical (unpaired) electrons. The van der Waals surface area contributed by atoms with E-state index >= 15 is 0 Å². The molecule has 1 aromatic heterocycles. The van der Waals surface area contributed by atoms with Gasteiger partial charge >= 0.3 is 0 Å². The van der Waals surface area contributed by atoms with E-state index in [1.165, 1.54) is 6.42 Å². The predicted molar refractivity (Wildman–Crippen MR) is 94.3 cm³/mol. The van der Waals surface area contributed by atoms with Gasteiger partial charge in [-0.15, -0.1) is 0 Å². The third kappa shape index (κ3) is 3.58. The molecule has 0 unspecified atom stereocenters. The summed E-state index contributed by atoms with van der Waals surface area (Å²) in [5.74, 6) is 1.35. The molecule has 25 heavy (non-hydrogen) atoms.